The number of carbonyl (C=O) groups excluding carboxylic acids is 1. The summed E-state index contributed by atoms with van der Waals surface area (Å²) in [6.45, 7) is 7.28. The SMILES string of the molecule is CCNC(=NCCCN1CCCC(C(N)=O)C1)N(C)Cc1ccccc1Br. The van der Waals surface area contributed by atoms with Gasteiger partial charge in [0, 0.05) is 37.7 Å². The summed E-state index contributed by atoms with van der Waals surface area (Å²) in [4.78, 5) is 20.7. The molecule has 1 aromatic carbocycles. The largest absolute Gasteiger partial charge is 0.369 e. The van der Waals surface area contributed by atoms with E-state index in [1.54, 1.807) is 0 Å². The zero-order valence-electron chi connectivity index (χ0n) is 16.5. The van der Waals surface area contributed by atoms with Crippen LogP contribution >= 0.6 is 15.9 Å². The van der Waals surface area contributed by atoms with Gasteiger partial charge < -0.3 is 20.9 Å². The molecule has 1 heterocycles. The second-order valence-corrected chi connectivity index (χ2v) is 7.93. The Kier molecular flexibility index (Phi) is 9.07. The molecule has 0 aliphatic carbocycles. The van der Waals surface area contributed by atoms with E-state index in [0.717, 1.165) is 69.0 Å². The molecule has 2 rings (SSSR count). The number of nitrogens with two attached hydrogens (primary N) is 1. The zero-order valence-corrected chi connectivity index (χ0v) is 18.0. The highest BCUT2D eigenvalue weighted by molar-refractivity contribution is 9.10. The molecule has 7 heteroatoms. The number of halogens is 1. The van der Waals surface area contributed by atoms with E-state index in [4.69, 9.17) is 10.7 Å². The maximum absolute atomic E-state index is 11.4. The van der Waals surface area contributed by atoms with E-state index < -0.39 is 0 Å². The average Bonchev–Trinajstić information content (AvgIpc) is 2.66. The standard InChI is InChI=1S/C20H32BrN5O/c1-3-23-20(25(2)14-16-8-4-5-10-18(16)21)24-11-7-13-26-12-6-9-17(15-26)19(22)27/h4-5,8,10,17H,3,6-7,9,11-15H2,1-2H3,(H2,22,27)(H,23,24). The van der Waals surface area contributed by atoms with Crippen LogP contribution in [0.25, 0.3) is 0 Å². The van der Waals surface area contributed by atoms with Crippen molar-refractivity contribution < 1.29 is 4.79 Å². The lowest BCUT2D eigenvalue weighted by molar-refractivity contribution is -0.123. The first-order valence-electron chi connectivity index (χ1n) is 9.75. The van der Waals surface area contributed by atoms with E-state index in [1.807, 2.05) is 6.07 Å². The predicted molar refractivity (Wildman–Crippen MR) is 115 cm³/mol. The number of nitrogens with zero attached hydrogens (tertiary/aromatic N) is 3. The van der Waals surface area contributed by atoms with Crippen molar-refractivity contribution >= 4 is 27.8 Å². The van der Waals surface area contributed by atoms with Crippen molar-refractivity contribution in [2.75, 3.05) is 39.8 Å². The summed E-state index contributed by atoms with van der Waals surface area (Å²) in [7, 11) is 2.06. The van der Waals surface area contributed by atoms with Gasteiger partial charge in [0.25, 0.3) is 0 Å². The Morgan fingerprint density at radius 2 is 2.22 bits per heavy atom. The first kappa shape index (κ1) is 21.7. The number of aliphatic imine (C=N–C) groups is 1. The Labute approximate surface area is 171 Å². The van der Waals surface area contributed by atoms with Crippen LogP contribution in [0.15, 0.2) is 33.7 Å². The third-order valence-corrected chi connectivity index (χ3v) is 5.64. The molecule has 1 aromatic rings. The second-order valence-electron chi connectivity index (χ2n) is 7.08. The van der Waals surface area contributed by atoms with Gasteiger partial charge in [-0.1, -0.05) is 34.1 Å². The van der Waals surface area contributed by atoms with Gasteiger partial charge in [-0.05, 0) is 50.9 Å². The first-order chi connectivity index (χ1) is 13.0. The van der Waals surface area contributed by atoms with E-state index >= 15 is 0 Å². The number of hydrogen-bond donors (Lipinski definition) is 2. The number of rotatable bonds is 8. The number of piperidine rings is 1. The van der Waals surface area contributed by atoms with Gasteiger partial charge in [-0.2, -0.15) is 0 Å². The van der Waals surface area contributed by atoms with Crippen LogP contribution in [0.4, 0.5) is 0 Å². The van der Waals surface area contributed by atoms with E-state index in [1.165, 1.54) is 5.56 Å². The molecule has 1 atom stereocenters. The highest BCUT2D eigenvalue weighted by atomic mass is 79.9. The van der Waals surface area contributed by atoms with Crippen molar-refractivity contribution in [1.82, 2.24) is 15.1 Å². The zero-order chi connectivity index (χ0) is 19.6. The molecule has 1 saturated heterocycles. The molecule has 6 nitrogen and oxygen atoms in total. The van der Waals surface area contributed by atoms with Gasteiger partial charge in [0.2, 0.25) is 5.91 Å². The predicted octanol–water partition coefficient (Wildman–Crippen LogP) is 2.43. The van der Waals surface area contributed by atoms with Crippen molar-refractivity contribution in [2.45, 2.75) is 32.7 Å². The molecule has 3 N–H and O–H groups in total. The Balaban J connectivity index is 1.84. The number of nitrogens with one attached hydrogen (secondary N) is 1. The van der Waals surface area contributed by atoms with Crippen molar-refractivity contribution in [2.24, 2.45) is 16.6 Å². The van der Waals surface area contributed by atoms with Crippen LogP contribution in [0.2, 0.25) is 0 Å². The quantitative estimate of drug-likeness (QED) is 0.372. The monoisotopic (exact) mass is 437 g/mol. The Hall–Kier alpha value is -1.60. The highest BCUT2D eigenvalue weighted by Crippen LogP contribution is 2.18. The molecule has 0 saturated carbocycles. The third kappa shape index (κ3) is 7.14. The lowest BCUT2D eigenvalue weighted by Crippen LogP contribution is -2.41. The minimum absolute atomic E-state index is 0.00928. The number of likely N-dealkylation sites (tertiary alicyclic amines) is 1. The Bertz CT molecular complexity index is 637. The van der Waals surface area contributed by atoms with Gasteiger partial charge in [-0.3, -0.25) is 9.79 Å². The molecule has 1 unspecified atom stereocenters. The second kappa shape index (κ2) is 11.3. The number of guanidine groups is 1. The fourth-order valence-electron chi connectivity index (χ4n) is 3.40. The fraction of sp³-hybridized carbons (Fsp3) is 0.600. The van der Waals surface area contributed by atoms with Gasteiger partial charge in [0.1, 0.15) is 0 Å². The number of carbonyl (C=O) groups is 1. The number of primary amides is 1. The molecular weight excluding hydrogens is 406 g/mol. The van der Waals surface area contributed by atoms with Gasteiger partial charge >= 0.3 is 0 Å². The summed E-state index contributed by atoms with van der Waals surface area (Å²) in [6, 6.07) is 8.26. The minimum atomic E-state index is -0.166. The molecule has 1 aliphatic rings. The molecule has 0 spiro atoms. The van der Waals surface area contributed by atoms with Crippen LogP contribution in [-0.2, 0) is 11.3 Å². The van der Waals surface area contributed by atoms with Crippen LogP contribution in [0.3, 0.4) is 0 Å². The van der Waals surface area contributed by atoms with Crippen LogP contribution < -0.4 is 11.1 Å². The van der Waals surface area contributed by atoms with Crippen LogP contribution in [0.5, 0.6) is 0 Å². The molecule has 1 aliphatic heterocycles. The molecule has 0 bridgehead atoms. The van der Waals surface area contributed by atoms with E-state index in [0.29, 0.717) is 0 Å². The highest BCUT2D eigenvalue weighted by Gasteiger charge is 2.23. The van der Waals surface area contributed by atoms with E-state index in [2.05, 4.69) is 63.2 Å². The maximum atomic E-state index is 11.4. The normalized spacial score (nSPS) is 18.3. The molecule has 1 amide bonds. The molecular formula is C20H32BrN5O. The Morgan fingerprint density at radius 1 is 1.44 bits per heavy atom. The molecule has 0 aromatic heterocycles. The maximum Gasteiger partial charge on any atom is 0.221 e. The number of hydrogen-bond acceptors (Lipinski definition) is 3. The summed E-state index contributed by atoms with van der Waals surface area (Å²) in [5.74, 6) is 0.762. The average molecular weight is 438 g/mol. The minimum Gasteiger partial charge on any atom is -0.369 e. The van der Waals surface area contributed by atoms with Crippen molar-refractivity contribution in [3.63, 3.8) is 0 Å². The van der Waals surface area contributed by atoms with Crippen LogP contribution in [0, 0.1) is 5.92 Å². The number of benzene rings is 1. The van der Waals surface area contributed by atoms with Crippen molar-refractivity contribution in [1.29, 1.82) is 0 Å². The fourth-order valence-corrected chi connectivity index (χ4v) is 3.81. The molecule has 1 fully saturated rings. The van der Waals surface area contributed by atoms with Gasteiger partial charge in [-0.25, -0.2) is 0 Å². The van der Waals surface area contributed by atoms with Crippen molar-refractivity contribution in [3.8, 4) is 0 Å². The van der Waals surface area contributed by atoms with Crippen LogP contribution in [-0.4, -0.2) is 61.4 Å². The summed E-state index contributed by atoms with van der Waals surface area (Å²) in [5, 5.41) is 3.37. The topological polar surface area (TPSA) is 74.0 Å². The number of amides is 1. The third-order valence-electron chi connectivity index (χ3n) is 4.86. The van der Waals surface area contributed by atoms with Gasteiger partial charge in [0.05, 0.1) is 5.92 Å². The van der Waals surface area contributed by atoms with Gasteiger partial charge in [0.15, 0.2) is 5.96 Å². The molecule has 27 heavy (non-hydrogen) atoms. The molecule has 150 valence electrons. The van der Waals surface area contributed by atoms with E-state index in [9.17, 15) is 4.79 Å². The Morgan fingerprint density at radius 3 is 2.93 bits per heavy atom. The summed E-state index contributed by atoms with van der Waals surface area (Å²) < 4.78 is 1.11. The first-order valence-corrected chi connectivity index (χ1v) is 10.5. The summed E-state index contributed by atoms with van der Waals surface area (Å²) in [5.41, 5.74) is 6.69. The van der Waals surface area contributed by atoms with E-state index in [-0.39, 0.29) is 11.8 Å². The smallest absolute Gasteiger partial charge is 0.221 e. The lowest BCUT2D eigenvalue weighted by Gasteiger charge is -2.31. The summed E-state index contributed by atoms with van der Waals surface area (Å²) in [6.07, 6.45) is 2.95. The van der Waals surface area contributed by atoms with Gasteiger partial charge in [-0.15, -0.1) is 0 Å². The van der Waals surface area contributed by atoms with Crippen molar-refractivity contribution in [3.05, 3.63) is 34.3 Å². The lowest BCUT2D eigenvalue weighted by atomic mass is 9.97. The summed E-state index contributed by atoms with van der Waals surface area (Å²) >= 11 is 3.61. The van der Waals surface area contributed by atoms with Crippen LogP contribution in [0.1, 0.15) is 31.7 Å². The molecule has 0 radical (unpaired) electrons.